The molecule has 1 saturated heterocycles. The summed E-state index contributed by atoms with van der Waals surface area (Å²) in [5.74, 6) is -1.73. The van der Waals surface area contributed by atoms with E-state index < -0.39 is 11.9 Å². The van der Waals surface area contributed by atoms with Gasteiger partial charge in [-0.2, -0.15) is 0 Å². The van der Waals surface area contributed by atoms with Crippen LogP contribution in [0.3, 0.4) is 0 Å². The molecule has 3 N–H and O–H groups in total. The molecule has 2 unspecified atom stereocenters. The van der Waals surface area contributed by atoms with E-state index in [0.717, 1.165) is 32.2 Å². The lowest BCUT2D eigenvalue weighted by Gasteiger charge is -2.18. The number of carboxylic acid groups (broad SMARTS) is 1. The third-order valence-corrected chi connectivity index (χ3v) is 3.86. The first-order valence-electron chi connectivity index (χ1n) is 7.47. The molecule has 1 amide bonds. The number of hydrogen-bond acceptors (Lipinski definition) is 3. The minimum atomic E-state index is -0.921. The van der Waals surface area contributed by atoms with Crippen molar-refractivity contribution in [1.82, 2.24) is 10.6 Å². The second-order valence-corrected chi connectivity index (χ2v) is 5.40. The lowest BCUT2D eigenvalue weighted by Crippen LogP contribution is -2.45. The molecular weight excluding hydrogens is 268 g/mol. The van der Waals surface area contributed by atoms with Crippen molar-refractivity contribution in [3.63, 3.8) is 0 Å². The maximum Gasteiger partial charge on any atom is 0.312 e. The highest BCUT2D eigenvalue weighted by Gasteiger charge is 2.23. The summed E-state index contributed by atoms with van der Waals surface area (Å²) in [4.78, 5) is 23.5. The Labute approximate surface area is 124 Å². The summed E-state index contributed by atoms with van der Waals surface area (Å²) < 4.78 is 0. The minimum Gasteiger partial charge on any atom is -0.481 e. The van der Waals surface area contributed by atoms with Crippen LogP contribution in [0.4, 0.5) is 0 Å². The van der Waals surface area contributed by atoms with Crippen LogP contribution in [0, 0.1) is 0 Å². The van der Waals surface area contributed by atoms with Gasteiger partial charge in [0.15, 0.2) is 0 Å². The van der Waals surface area contributed by atoms with Crippen LogP contribution >= 0.6 is 0 Å². The van der Waals surface area contributed by atoms with Gasteiger partial charge < -0.3 is 15.7 Å². The predicted molar refractivity (Wildman–Crippen MR) is 80.1 cm³/mol. The van der Waals surface area contributed by atoms with Gasteiger partial charge in [-0.15, -0.1) is 0 Å². The van der Waals surface area contributed by atoms with E-state index in [2.05, 4.69) is 10.6 Å². The monoisotopic (exact) mass is 290 g/mol. The van der Waals surface area contributed by atoms with E-state index in [1.54, 1.807) is 24.3 Å². The molecular formula is C16H22N2O3. The normalized spacial score (nSPS) is 20.3. The summed E-state index contributed by atoms with van der Waals surface area (Å²) in [6.45, 7) is 0.968. The Hall–Kier alpha value is -1.88. The van der Waals surface area contributed by atoms with E-state index in [4.69, 9.17) is 0 Å². The zero-order chi connectivity index (χ0) is 15.1. The number of nitrogens with one attached hydrogen (secondary N) is 2. The van der Waals surface area contributed by atoms with Crippen LogP contribution in [-0.4, -0.2) is 36.1 Å². The maximum absolute atomic E-state index is 12.1. The number of hydrogen-bond donors (Lipinski definition) is 3. The van der Waals surface area contributed by atoms with E-state index >= 15 is 0 Å². The fourth-order valence-electron chi connectivity index (χ4n) is 2.61. The van der Waals surface area contributed by atoms with Gasteiger partial charge in [0.05, 0.1) is 12.0 Å². The summed E-state index contributed by atoms with van der Waals surface area (Å²) in [5, 5.41) is 15.3. The molecule has 0 bridgehead atoms. The van der Waals surface area contributed by atoms with E-state index in [-0.39, 0.29) is 18.5 Å². The van der Waals surface area contributed by atoms with Crippen molar-refractivity contribution in [2.75, 3.05) is 13.1 Å². The van der Waals surface area contributed by atoms with Gasteiger partial charge >= 0.3 is 5.97 Å². The number of carboxylic acids is 1. The number of amides is 1. The second kappa shape index (κ2) is 7.78. The van der Waals surface area contributed by atoms with Gasteiger partial charge in [0, 0.05) is 6.54 Å². The molecule has 21 heavy (non-hydrogen) atoms. The molecule has 5 nitrogen and oxygen atoms in total. The maximum atomic E-state index is 12.1. The first kappa shape index (κ1) is 15.5. The number of rotatable bonds is 5. The van der Waals surface area contributed by atoms with Gasteiger partial charge in [0.2, 0.25) is 5.91 Å². The number of benzene rings is 1. The Morgan fingerprint density at radius 2 is 2.00 bits per heavy atom. The second-order valence-electron chi connectivity index (χ2n) is 5.40. The van der Waals surface area contributed by atoms with Crippen LogP contribution in [0.15, 0.2) is 30.3 Å². The molecule has 0 saturated carbocycles. The molecule has 0 spiro atoms. The van der Waals surface area contributed by atoms with Crippen LogP contribution in [0.1, 0.15) is 37.2 Å². The van der Waals surface area contributed by atoms with E-state index in [9.17, 15) is 14.7 Å². The minimum absolute atomic E-state index is 0.0981. The zero-order valence-corrected chi connectivity index (χ0v) is 12.0. The highest BCUT2D eigenvalue weighted by molar-refractivity contribution is 5.83. The molecule has 2 atom stereocenters. The molecule has 2 rings (SSSR count). The van der Waals surface area contributed by atoms with Crippen molar-refractivity contribution in [2.45, 2.75) is 37.6 Å². The third-order valence-electron chi connectivity index (χ3n) is 3.86. The molecule has 114 valence electrons. The first-order chi connectivity index (χ1) is 10.2. The van der Waals surface area contributed by atoms with Crippen LogP contribution in [0.25, 0.3) is 0 Å². The highest BCUT2D eigenvalue weighted by atomic mass is 16.4. The smallest absolute Gasteiger partial charge is 0.312 e. The quantitative estimate of drug-likeness (QED) is 0.768. The third kappa shape index (κ3) is 4.56. The summed E-state index contributed by atoms with van der Waals surface area (Å²) >= 11 is 0. The van der Waals surface area contributed by atoms with Crippen LogP contribution in [0.2, 0.25) is 0 Å². The Kier molecular flexibility index (Phi) is 5.75. The zero-order valence-electron chi connectivity index (χ0n) is 12.0. The largest absolute Gasteiger partial charge is 0.481 e. The molecule has 1 fully saturated rings. The van der Waals surface area contributed by atoms with Gasteiger partial charge in [0.25, 0.3) is 0 Å². The lowest BCUT2D eigenvalue weighted by atomic mass is 9.99. The van der Waals surface area contributed by atoms with Crippen molar-refractivity contribution in [3.8, 4) is 0 Å². The Balaban J connectivity index is 1.92. The van der Waals surface area contributed by atoms with Crippen molar-refractivity contribution in [3.05, 3.63) is 35.9 Å². The van der Waals surface area contributed by atoms with E-state index in [0.29, 0.717) is 5.56 Å². The van der Waals surface area contributed by atoms with Gasteiger partial charge in [-0.05, 0) is 24.9 Å². The summed E-state index contributed by atoms with van der Waals surface area (Å²) in [7, 11) is 0. The molecule has 1 aliphatic heterocycles. The van der Waals surface area contributed by atoms with Gasteiger partial charge in [0.1, 0.15) is 0 Å². The van der Waals surface area contributed by atoms with Gasteiger partial charge in [-0.3, -0.25) is 9.59 Å². The number of carbonyl (C=O) groups excluding carboxylic acids is 1. The molecule has 0 aliphatic carbocycles. The summed E-state index contributed by atoms with van der Waals surface area (Å²) in [5.41, 5.74) is 0.708. The Morgan fingerprint density at radius 1 is 1.24 bits per heavy atom. The van der Waals surface area contributed by atoms with Crippen molar-refractivity contribution in [1.29, 1.82) is 0 Å². The standard InChI is InChI=1S/C16H22N2O3/c19-15(14-9-5-2-6-10-17-14)18-11-13(16(20)21)12-7-3-1-4-8-12/h1,3-4,7-8,13-14,17H,2,5-6,9-11H2,(H,18,19)(H,20,21). The topological polar surface area (TPSA) is 78.4 Å². The van der Waals surface area contributed by atoms with Crippen molar-refractivity contribution in [2.24, 2.45) is 0 Å². The van der Waals surface area contributed by atoms with E-state index in [1.165, 1.54) is 0 Å². The lowest BCUT2D eigenvalue weighted by molar-refractivity contribution is -0.138. The Morgan fingerprint density at radius 3 is 2.71 bits per heavy atom. The average Bonchev–Trinajstić information content (AvgIpc) is 2.77. The van der Waals surface area contributed by atoms with Gasteiger partial charge in [-0.25, -0.2) is 0 Å². The van der Waals surface area contributed by atoms with Crippen LogP contribution in [-0.2, 0) is 9.59 Å². The molecule has 5 heteroatoms. The average molecular weight is 290 g/mol. The summed E-state index contributed by atoms with van der Waals surface area (Å²) in [6, 6.07) is 8.80. The molecule has 1 aliphatic rings. The molecule has 1 heterocycles. The predicted octanol–water partition coefficient (Wildman–Crippen LogP) is 1.50. The van der Waals surface area contributed by atoms with Crippen LogP contribution in [0.5, 0.6) is 0 Å². The van der Waals surface area contributed by atoms with Crippen molar-refractivity contribution >= 4 is 11.9 Å². The van der Waals surface area contributed by atoms with Gasteiger partial charge in [-0.1, -0.05) is 43.2 Å². The molecule has 0 radical (unpaired) electrons. The highest BCUT2D eigenvalue weighted by Crippen LogP contribution is 2.15. The van der Waals surface area contributed by atoms with Crippen LogP contribution < -0.4 is 10.6 Å². The fraction of sp³-hybridized carbons (Fsp3) is 0.500. The molecule has 1 aromatic rings. The fourth-order valence-corrected chi connectivity index (χ4v) is 2.61. The number of carbonyl (C=O) groups is 2. The summed E-state index contributed by atoms with van der Waals surface area (Å²) in [6.07, 6.45) is 4.07. The first-order valence-corrected chi connectivity index (χ1v) is 7.47. The SMILES string of the molecule is O=C(NCC(C(=O)O)c1ccccc1)C1CCCCCN1. The molecule has 1 aromatic carbocycles. The Bertz CT molecular complexity index is 468. The molecule has 0 aromatic heterocycles. The number of aliphatic carboxylic acids is 1. The van der Waals surface area contributed by atoms with E-state index in [1.807, 2.05) is 6.07 Å². The van der Waals surface area contributed by atoms with Crippen molar-refractivity contribution < 1.29 is 14.7 Å².